The van der Waals surface area contributed by atoms with Crippen LogP contribution in [0.3, 0.4) is 0 Å². The Hall–Kier alpha value is -1.03. The molecule has 0 spiro atoms. The Morgan fingerprint density at radius 3 is 2.78 bits per heavy atom. The molecular weight excluding hydrogens is 120 g/mol. The third kappa shape index (κ3) is 1.20. The zero-order chi connectivity index (χ0) is 6.85. The van der Waals surface area contributed by atoms with Gasteiger partial charge in [0.2, 0.25) is 0 Å². The highest BCUT2D eigenvalue weighted by Gasteiger charge is 1.95. The van der Waals surface area contributed by atoms with Crippen molar-refractivity contribution >= 4 is 0 Å². The Morgan fingerprint density at radius 1 is 1.89 bits per heavy atom. The minimum Gasteiger partial charge on any atom is -0.372 e. The van der Waals surface area contributed by atoms with Crippen LogP contribution >= 0.6 is 0 Å². The Kier molecular flexibility index (Phi) is 1.40. The highest BCUT2D eigenvalue weighted by Crippen LogP contribution is 1.92. The van der Waals surface area contributed by atoms with Crippen molar-refractivity contribution in [2.45, 2.75) is 13.2 Å². The van der Waals surface area contributed by atoms with Crippen LogP contribution in [-0.2, 0) is 0 Å². The van der Waals surface area contributed by atoms with Crippen molar-refractivity contribution in [1.29, 1.82) is 0 Å². The third-order valence-electron chi connectivity index (χ3n) is 1.03. The molecule has 0 aromatic carbocycles. The van der Waals surface area contributed by atoms with E-state index in [0.717, 1.165) is 0 Å². The maximum absolute atomic E-state index is 10.4. The predicted octanol–water partition coefficient (Wildman–Crippen LogP) is -0.313. The van der Waals surface area contributed by atoms with Crippen LogP contribution in [0.1, 0.15) is 13.2 Å². The molecule has 0 saturated heterocycles. The number of aliphatic hydroxyl groups is 1. The van der Waals surface area contributed by atoms with Crippen LogP contribution in [0.5, 0.6) is 0 Å². The molecule has 1 unspecified atom stereocenters. The predicted molar refractivity (Wildman–Crippen MR) is 32.0 cm³/mol. The van der Waals surface area contributed by atoms with Crippen molar-refractivity contribution in [3.05, 3.63) is 22.6 Å². The summed E-state index contributed by atoms with van der Waals surface area (Å²) < 4.78 is 1.32. The average Bonchev–Trinajstić information content (AvgIpc) is 2.14. The van der Waals surface area contributed by atoms with Gasteiger partial charge in [0.25, 0.3) is 5.56 Å². The fourth-order valence-electron chi connectivity index (χ4n) is 0.568. The fraction of sp³-hybridized carbons (Fsp3) is 0.400. The zero-order valence-electron chi connectivity index (χ0n) is 5.03. The van der Waals surface area contributed by atoms with Crippen molar-refractivity contribution < 1.29 is 5.11 Å². The second-order valence-corrected chi connectivity index (χ2v) is 1.83. The number of hydrogen-bond acceptors (Lipinski definition) is 2. The van der Waals surface area contributed by atoms with Gasteiger partial charge in [-0.25, -0.2) is 0 Å². The summed E-state index contributed by atoms with van der Waals surface area (Å²) in [5, 5.41) is 11.2. The molecule has 2 N–H and O–H groups in total. The van der Waals surface area contributed by atoms with E-state index < -0.39 is 6.23 Å². The van der Waals surface area contributed by atoms with Gasteiger partial charge in [-0.1, -0.05) is 0 Å². The molecule has 9 heavy (non-hydrogen) atoms. The summed E-state index contributed by atoms with van der Waals surface area (Å²) in [7, 11) is 0. The van der Waals surface area contributed by atoms with Crippen LogP contribution in [0, 0.1) is 0 Å². The highest BCUT2D eigenvalue weighted by molar-refractivity contribution is 4.80. The number of aromatic amines is 1. The SMILES string of the molecule is CC(O)n1ccc(=O)[nH]1. The number of H-pyrrole nitrogens is 1. The maximum Gasteiger partial charge on any atom is 0.264 e. The fourth-order valence-corrected chi connectivity index (χ4v) is 0.568. The number of nitrogens with zero attached hydrogens (tertiary/aromatic N) is 1. The summed E-state index contributed by atoms with van der Waals surface area (Å²) in [6, 6.07) is 1.35. The number of aliphatic hydroxyl groups excluding tert-OH is 1. The lowest BCUT2D eigenvalue weighted by atomic mass is 10.6. The Morgan fingerprint density at radius 2 is 2.56 bits per heavy atom. The molecule has 4 nitrogen and oxygen atoms in total. The zero-order valence-corrected chi connectivity index (χ0v) is 5.03. The standard InChI is InChI=1S/C5H8N2O2/c1-4(8)7-3-2-5(9)6-7/h2-4,8H,1H3,(H,6,9). The molecule has 0 saturated carbocycles. The maximum atomic E-state index is 10.4. The number of hydrogen-bond donors (Lipinski definition) is 2. The molecule has 1 rings (SSSR count). The molecule has 50 valence electrons. The summed E-state index contributed by atoms with van der Waals surface area (Å²) in [4.78, 5) is 10.4. The van der Waals surface area contributed by atoms with Crippen LogP contribution in [0.4, 0.5) is 0 Å². The second-order valence-electron chi connectivity index (χ2n) is 1.83. The molecular formula is C5H8N2O2. The lowest BCUT2D eigenvalue weighted by Gasteiger charge is -2.02. The largest absolute Gasteiger partial charge is 0.372 e. The summed E-state index contributed by atoms with van der Waals surface area (Å²) in [5.41, 5.74) is -0.198. The van der Waals surface area contributed by atoms with E-state index in [0.29, 0.717) is 0 Å². The monoisotopic (exact) mass is 128 g/mol. The summed E-state index contributed by atoms with van der Waals surface area (Å²) >= 11 is 0. The first kappa shape index (κ1) is 6.10. The number of aromatic nitrogens is 2. The van der Waals surface area contributed by atoms with Gasteiger partial charge >= 0.3 is 0 Å². The van der Waals surface area contributed by atoms with E-state index in [2.05, 4.69) is 5.10 Å². The van der Waals surface area contributed by atoms with Crippen molar-refractivity contribution in [2.75, 3.05) is 0 Å². The van der Waals surface area contributed by atoms with Crippen LogP contribution in [0.15, 0.2) is 17.1 Å². The topological polar surface area (TPSA) is 58.0 Å². The Balaban J connectivity index is 2.98. The van der Waals surface area contributed by atoms with Gasteiger partial charge in [-0.05, 0) is 6.92 Å². The lowest BCUT2D eigenvalue weighted by molar-refractivity contribution is 0.110. The van der Waals surface area contributed by atoms with Gasteiger partial charge in [0.1, 0.15) is 6.23 Å². The first-order valence-electron chi connectivity index (χ1n) is 2.65. The van der Waals surface area contributed by atoms with Gasteiger partial charge in [0.05, 0.1) is 0 Å². The molecule has 0 aliphatic rings. The summed E-state index contributed by atoms with van der Waals surface area (Å²) in [6.45, 7) is 1.57. The number of nitrogens with one attached hydrogen (secondary N) is 1. The van der Waals surface area contributed by atoms with E-state index in [1.54, 1.807) is 6.92 Å². The molecule has 1 atom stereocenters. The minimum atomic E-state index is -0.660. The molecule has 0 radical (unpaired) electrons. The van der Waals surface area contributed by atoms with Crippen LogP contribution < -0.4 is 5.56 Å². The molecule has 0 aliphatic carbocycles. The second kappa shape index (κ2) is 2.06. The van der Waals surface area contributed by atoms with E-state index in [-0.39, 0.29) is 5.56 Å². The van der Waals surface area contributed by atoms with Gasteiger partial charge in [-0.15, -0.1) is 0 Å². The van der Waals surface area contributed by atoms with Crippen LogP contribution in [0.2, 0.25) is 0 Å². The summed E-state index contributed by atoms with van der Waals surface area (Å²) in [6.07, 6.45) is 0.834. The molecule has 0 bridgehead atoms. The van der Waals surface area contributed by atoms with E-state index in [1.807, 2.05) is 0 Å². The molecule has 1 aromatic rings. The van der Waals surface area contributed by atoms with Gasteiger partial charge in [0, 0.05) is 12.3 Å². The molecule has 0 fully saturated rings. The summed E-state index contributed by atoms with van der Waals surface area (Å²) in [5.74, 6) is 0. The van der Waals surface area contributed by atoms with Crippen LogP contribution in [0.25, 0.3) is 0 Å². The lowest BCUT2D eigenvalue weighted by Crippen LogP contribution is -2.08. The first-order chi connectivity index (χ1) is 4.20. The number of rotatable bonds is 1. The highest BCUT2D eigenvalue weighted by atomic mass is 16.3. The van der Waals surface area contributed by atoms with Gasteiger partial charge in [0.15, 0.2) is 0 Å². The first-order valence-corrected chi connectivity index (χ1v) is 2.65. The van der Waals surface area contributed by atoms with Gasteiger partial charge in [-0.2, -0.15) is 0 Å². The van der Waals surface area contributed by atoms with Crippen molar-refractivity contribution in [2.24, 2.45) is 0 Å². The van der Waals surface area contributed by atoms with E-state index in [9.17, 15) is 4.79 Å². The molecule has 0 aliphatic heterocycles. The minimum absolute atomic E-state index is 0.198. The van der Waals surface area contributed by atoms with E-state index >= 15 is 0 Å². The third-order valence-corrected chi connectivity index (χ3v) is 1.03. The van der Waals surface area contributed by atoms with Crippen molar-refractivity contribution in [1.82, 2.24) is 9.78 Å². The molecule has 1 aromatic heterocycles. The normalized spacial score (nSPS) is 13.6. The van der Waals surface area contributed by atoms with Gasteiger partial charge in [-0.3, -0.25) is 14.6 Å². The quantitative estimate of drug-likeness (QED) is 0.545. The van der Waals surface area contributed by atoms with Crippen molar-refractivity contribution in [3.8, 4) is 0 Å². The average molecular weight is 128 g/mol. The van der Waals surface area contributed by atoms with Gasteiger partial charge < -0.3 is 5.11 Å². The van der Waals surface area contributed by atoms with Crippen LogP contribution in [-0.4, -0.2) is 14.9 Å². The Bertz CT molecular complexity index is 235. The smallest absolute Gasteiger partial charge is 0.264 e. The molecule has 1 heterocycles. The van der Waals surface area contributed by atoms with E-state index in [1.165, 1.54) is 16.9 Å². The Labute approximate surface area is 51.7 Å². The van der Waals surface area contributed by atoms with Crippen molar-refractivity contribution in [3.63, 3.8) is 0 Å². The van der Waals surface area contributed by atoms with E-state index in [4.69, 9.17) is 5.11 Å². The molecule has 0 amide bonds. The molecule has 4 heteroatoms.